The molecule has 1 fully saturated rings. The Bertz CT molecular complexity index is 287. The first-order valence-electron chi connectivity index (χ1n) is 3.78. The van der Waals surface area contributed by atoms with Crippen LogP contribution in [-0.4, -0.2) is 35.5 Å². The number of carbonyl (C=O) groups is 3. The fourth-order valence-corrected chi connectivity index (χ4v) is 1.08. The summed E-state index contributed by atoms with van der Waals surface area (Å²) in [6.45, 7) is 1.82. The van der Waals surface area contributed by atoms with Crippen LogP contribution in [0, 0.1) is 11.3 Å². The van der Waals surface area contributed by atoms with Gasteiger partial charge in [0.15, 0.2) is 5.92 Å². The molecule has 6 nitrogen and oxygen atoms in total. The molecule has 1 aliphatic rings. The molecule has 0 radical (unpaired) electrons. The molecule has 0 saturated carbocycles. The average molecular weight is 183 g/mol. The number of amides is 4. The first-order chi connectivity index (χ1) is 6.11. The predicted molar refractivity (Wildman–Crippen MR) is 43.2 cm³/mol. The minimum atomic E-state index is -1.15. The van der Waals surface area contributed by atoms with E-state index in [0.717, 1.165) is 11.1 Å². The van der Waals surface area contributed by atoms with Gasteiger partial charge < -0.3 is 5.41 Å². The zero-order valence-corrected chi connectivity index (χ0v) is 7.03. The van der Waals surface area contributed by atoms with Crippen molar-refractivity contribution >= 4 is 24.1 Å². The van der Waals surface area contributed by atoms with Gasteiger partial charge in [-0.25, -0.2) is 4.79 Å². The smallest absolute Gasteiger partial charge is 0.312 e. The van der Waals surface area contributed by atoms with Gasteiger partial charge in [0.05, 0.1) is 0 Å². The van der Waals surface area contributed by atoms with Gasteiger partial charge in [0.1, 0.15) is 0 Å². The maximum absolute atomic E-state index is 11.3. The molecule has 0 spiro atoms. The van der Waals surface area contributed by atoms with Crippen LogP contribution in [0.5, 0.6) is 0 Å². The third kappa shape index (κ3) is 1.42. The van der Waals surface area contributed by atoms with E-state index < -0.39 is 23.8 Å². The Hall–Kier alpha value is -1.72. The van der Waals surface area contributed by atoms with Gasteiger partial charge in [-0.1, -0.05) is 0 Å². The fourth-order valence-electron chi connectivity index (χ4n) is 1.08. The second kappa shape index (κ2) is 3.34. The van der Waals surface area contributed by atoms with Crippen molar-refractivity contribution in [3.8, 4) is 0 Å². The lowest BCUT2D eigenvalue weighted by Crippen LogP contribution is -2.58. The SMILES string of the molecule is CCN1C(=O)NC(=O)C(C=N)C1=O. The van der Waals surface area contributed by atoms with Crippen molar-refractivity contribution in [2.45, 2.75) is 6.92 Å². The van der Waals surface area contributed by atoms with Crippen molar-refractivity contribution in [2.75, 3.05) is 6.54 Å². The monoisotopic (exact) mass is 183 g/mol. The maximum atomic E-state index is 11.3. The summed E-state index contributed by atoms with van der Waals surface area (Å²) in [5.41, 5.74) is 0. The van der Waals surface area contributed by atoms with Gasteiger partial charge >= 0.3 is 6.03 Å². The Morgan fingerprint density at radius 2 is 2.15 bits per heavy atom. The lowest BCUT2D eigenvalue weighted by atomic mass is 10.1. The number of barbiturate groups is 1. The van der Waals surface area contributed by atoms with Crippen LogP contribution in [0.4, 0.5) is 4.79 Å². The molecule has 1 aliphatic heterocycles. The van der Waals surface area contributed by atoms with Crippen LogP contribution >= 0.6 is 0 Å². The maximum Gasteiger partial charge on any atom is 0.330 e. The second-order valence-electron chi connectivity index (χ2n) is 2.52. The van der Waals surface area contributed by atoms with Crippen molar-refractivity contribution in [1.29, 1.82) is 5.41 Å². The van der Waals surface area contributed by atoms with Crippen LogP contribution in [0.2, 0.25) is 0 Å². The van der Waals surface area contributed by atoms with E-state index in [1.54, 1.807) is 6.92 Å². The van der Waals surface area contributed by atoms with Crippen LogP contribution < -0.4 is 5.32 Å². The molecule has 1 saturated heterocycles. The van der Waals surface area contributed by atoms with E-state index in [1.165, 1.54) is 0 Å². The van der Waals surface area contributed by atoms with Crippen LogP contribution in [0.1, 0.15) is 6.92 Å². The van der Waals surface area contributed by atoms with E-state index >= 15 is 0 Å². The van der Waals surface area contributed by atoms with Crippen molar-refractivity contribution in [2.24, 2.45) is 5.92 Å². The minimum absolute atomic E-state index is 0.197. The van der Waals surface area contributed by atoms with E-state index in [4.69, 9.17) is 5.41 Å². The van der Waals surface area contributed by atoms with Crippen molar-refractivity contribution in [3.05, 3.63) is 0 Å². The largest absolute Gasteiger partial charge is 0.330 e. The normalized spacial score (nSPS) is 23.0. The number of carbonyl (C=O) groups excluding carboxylic acids is 3. The molecule has 6 heteroatoms. The van der Waals surface area contributed by atoms with E-state index in [2.05, 4.69) is 0 Å². The number of hydrogen-bond donors (Lipinski definition) is 2. The number of rotatable bonds is 2. The molecule has 4 amide bonds. The summed E-state index contributed by atoms with van der Waals surface area (Å²) in [6.07, 6.45) is 0.729. The highest BCUT2D eigenvalue weighted by Gasteiger charge is 2.38. The summed E-state index contributed by atoms with van der Waals surface area (Å²) in [6, 6.07) is -0.712. The highest BCUT2D eigenvalue weighted by atomic mass is 16.2. The predicted octanol–water partition coefficient (Wildman–Crippen LogP) is -0.650. The Balaban J connectivity index is 2.94. The zero-order valence-electron chi connectivity index (χ0n) is 7.03. The number of nitrogens with zero attached hydrogens (tertiary/aromatic N) is 1. The Labute approximate surface area is 74.4 Å². The fraction of sp³-hybridized carbons (Fsp3) is 0.429. The number of hydrogen-bond acceptors (Lipinski definition) is 4. The van der Waals surface area contributed by atoms with Crippen LogP contribution in [-0.2, 0) is 9.59 Å². The molecule has 13 heavy (non-hydrogen) atoms. The quantitative estimate of drug-likeness (QED) is 0.440. The van der Waals surface area contributed by atoms with Crippen molar-refractivity contribution in [1.82, 2.24) is 10.2 Å². The molecule has 1 rings (SSSR count). The molecular weight excluding hydrogens is 174 g/mol. The number of nitrogens with one attached hydrogen (secondary N) is 2. The summed E-state index contributed by atoms with van der Waals surface area (Å²) in [5, 5.41) is 8.83. The molecule has 0 aliphatic carbocycles. The zero-order chi connectivity index (χ0) is 10.0. The number of urea groups is 1. The van der Waals surface area contributed by atoms with Gasteiger partial charge in [0.25, 0.3) is 0 Å². The first-order valence-corrected chi connectivity index (χ1v) is 3.78. The van der Waals surface area contributed by atoms with Gasteiger partial charge in [-0.05, 0) is 6.92 Å². The summed E-state index contributed by atoms with van der Waals surface area (Å²) in [5.74, 6) is -2.52. The van der Waals surface area contributed by atoms with E-state index in [-0.39, 0.29) is 6.54 Å². The third-order valence-corrected chi connectivity index (χ3v) is 1.77. The van der Waals surface area contributed by atoms with Gasteiger partial charge in [0.2, 0.25) is 11.8 Å². The third-order valence-electron chi connectivity index (χ3n) is 1.77. The molecule has 0 aromatic rings. The van der Waals surface area contributed by atoms with E-state index in [0.29, 0.717) is 0 Å². The molecule has 0 aromatic carbocycles. The van der Waals surface area contributed by atoms with E-state index in [9.17, 15) is 14.4 Å². The summed E-state index contributed by atoms with van der Waals surface area (Å²) in [4.78, 5) is 34.2. The van der Waals surface area contributed by atoms with Crippen molar-refractivity contribution < 1.29 is 14.4 Å². The Kier molecular flexibility index (Phi) is 2.41. The van der Waals surface area contributed by atoms with Gasteiger partial charge in [-0.3, -0.25) is 19.8 Å². The molecule has 70 valence electrons. The lowest BCUT2D eigenvalue weighted by Gasteiger charge is -2.26. The molecule has 2 N–H and O–H groups in total. The van der Waals surface area contributed by atoms with E-state index in [1.807, 2.05) is 5.32 Å². The van der Waals surface area contributed by atoms with Crippen molar-refractivity contribution in [3.63, 3.8) is 0 Å². The Morgan fingerprint density at radius 1 is 1.54 bits per heavy atom. The molecule has 1 unspecified atom stereocenters. The minimum Gasteiger partial charge on any atom is -0.312 e. The average Bonchev–Trinajstić information content (AvgIpc) is 2.04. The lowest BCUT2D eigenvalue weighted by molar-refractivity contribution is -0.139. The van der Waals surface area contributed by atoms with Crippen LogP contribution in [0.25, 0.3) is 0 Å². The number of imide groups is 2. The first kappa shape index (κ1) is 9.37. The Morgan fingerprint density at radius 3 is 2.62 bits per heavy atom. The summed E-state index contributed by atoms with van der Waals surface area (Å²) >= 11 is 0. The van der Waals surface area contributed by atoms with Gasteiger partial charge in [-0.15, -0.1) is 0 Å². The molecule has 0 aromatic heterocycles. The standard InChI is InChI=1S/C7H9N3O3/c1-2-10-6(12)4(3-8)5(11)9-7(10)13/h3-4,8H,2H2,1H3,(H,9,11,13). The highest BCUT2D eigenvalue weighted by molar-refractivity contribution is 6.23. The van der Waals surface area contributed by atoms with Crippen LogP contribution in [0.15, 0.2) is 0 Å². The molecule has 1 heterocycles. The second-order valence-corrected chi connectivity index (χ2v) is 2.52. The van der Waals surface area contributed by atoms with Gasteiger partial charge in [0, 0.05) is 12.8 Å². The molecular formula is C7H9N3O3. The van der Waals surface area contributed by atoms with Crippen LogP contribution in [0.3, 0.4) is 0 Å². The van der Waals surface area contributed by atoms with Gasteiger partial charge in [-0.2, -0.15) is 0 Å². The summed E-state index contributed by atoms with van der Waals surface area (Å²) in [7, 11) is 0. The highest BCUT2D eigenvalue weighted by Crippen LogP contribution is 2.07. The summed E-state index contributed by atoms with van der Waals surface area (Å²) < 4.78 is 0. The molecule has 0 bridgehead atoms. The molecule has 1 atom stereocenters. The topological polar surface area (TPSA) is 90.3 Å².